The zero-order chi connectivity index (χ0) is 30.4. The van der Waals surface area contributed by atoms with Gasteiger partial charge < -0.3 is 24.3 Å². The van der Waals surface area contributed by atoms with E-state index in [1.807, 2.05) is 60.8 Å². The normalized spacial score (nSPS) is 13.8. The number of hydrogen-bond donors (Lipinski definition) is 2. The third-order valence-electron chi connectivity index (χ3n) is 7.68. The summed E-state index contributed by atoms with van der Waals surface area (Å²) in [6.07, 6.45) is 9.49. The first-order valence-electron chi connectivity index (χ1n) is 14.3. The molecule has 2 N–H and O–H groups in total. The highest BCUT2D eigenvalue weighted by Crippen LogP contribution is 2.52. The number of halogens is 2. The van der Waals surface area contributed by atoms with Gasteiger partial charge in [0.2, 0.25) is 5.82 Å². The van der Waals surface area contributed by atoms with Gasteiger partial charge >= 0.3 is 11.9 Å². The number of aliphatic carboxylic acids is 2. The molecule has 0 amide bonds. The Bertz CT molecular complexity index is 1640. The van der Waals surface area contributed by atoms with E-state index in [1.54, 1.807) is 4.57 Å². The lowest BCUT2D eigenvalue weighted by Crippen LogP contribution is -2.11. The van der Waals surface area contributed by atoms with E-state index < -0.39 is 23.6 Å². The van der Waals surface area contributed by atoms with Crippen molar-refractivity contribution in [1.82, 2.24) is 4.57 Å². The van der Waals surface area contributed by atoms with Crippen molar-refractivity contribution in [3.63, 3.8) is 0 Å². The van der Waals surface area contributed by atoms with Crippen LogP contribution in [-0.4, -0.2) is 39.9 Å². The van der Waals surface area contributed by atoms with Crippen LogP contribution in [0.25, 0.3) is 23.1 Å². The first-order chi connectivity index (χ1) is 20.7. The molecule has 43 heavy (non-hydrogen) atoms. The Morgan fingerprint density at radius 3 is 2.30 bits per heavy atom. The van der Waals surface area contributed by atoms with Crippen LogP contribution < -0.4 is 9.47 Å². The summed E-state index contributed by atoms with van der Waals surface area (Å²) in [6.45, 7) is 0.511. The number of ether oxygens (including phenoxy) is 2. The van der Waals surface area contributed by atoms with E-state index in [0.29, 0.717) is 31.6 Å². The van der Waals surface area contributed by atoms with E-state index in [4.69, 9.17) is 9.47 Å². The fourth-order valence-electron chi connectivity index (χ4n) is 5.36. The van der Waals surface area contributed by atoms with E-state index >= 15 is 0 Å². The summed E-state index contributed by atoms with van der Waals surface area (Å²) >= 11 is 0. The van der Waals surface area contributed by atoms with Crippen molar-refractivity contribution in [2.24, 2.45) is 5.41 Å². The smallest absolute Gasteiger partial charge is 0.323 e. The molecule has 0 spiro atoms. The topological polar surface area (TPSA) is 98.0 Å². The molecule has 0 atom stereocenters. The average Bonchev–Trinajstić information content (AvgIpc) is 3.64. The highest BCUT2D eigenvalue weighted by molar-refractivity contribution is 5.94. The Kier molecular flexibility index (Phi) is 9.09. The summed E-state index contributed by atoms with van der Waals surface area (Å²) < 4.78 is 39.7. The second-order valence-electron chi connectivity index (χ2n) is 11.0. The predicted molar refractivity (Wildman–Crippen MR) is 159 cm³/mol. The number of carboxylic acid groups (broad SMARTS) is 2. The zero-order valence-corrected chi connectivity index (χ0v) is 23.6. The van der Waals surface area contributed by atoms with Crippen LogP contribution in [0.3, 0.4) is 0 Å². The molecule has 4 aromatic rings. The Hall–Kier alpha value is -4.66. The second-order valence-corrected chi connectivity index (χ2v) is 11.0. The number of rotatable bonds is 15. The number of hydrogen-bond acceptors (Lipinski definition) is 4. The third kappa shape index (κ3) is 7.60. The molecule has 1 aromatic heterocycles. The molecule has 0 aliphatic heterocycles. The van der Waals surface area contributed by atoms with Crippen LogP contribution in [0, 0.1) is 17.0 Å². The summed E-state index contributed by atoms with van der Waals surface area (Å²) in [7, 11) is 0. The van der Waals surface area contributed by atoms with Crippen LogP contribution in [0.2, 0.25) is 0 Å². The molecule has 5 rings (SSSR count). The van der Waals surface area contributed by atoms with Gasteiger partial charge in [-0.05, 0) is 78.5 Å². The summed E-state index contributed by atoms with van der Waals surface area (Å²) in [5, 5.41) is 19.8. The SMILES string of the molecule is O=C(O)Cn1cc(CC2(CC(=O)O)CC2)c2cccc(/C=C/c3ccc(OCCCCOc4cccc(F)c4F)cc3)c21. The number of nitrogens with zero attached hydrogens (tertiary/aromatic N) is 1. The van der Waals surface area contributed by atoms with E-state index in [9.17, 15) is 28.6 Å². The van der Waals surface area contributed by atoms with Crippen LogP contribution in [0.4, 0.5) is 8.78 Å². The summed E-state index contributed by atoms with van der Waals surface area (Å²) in [6, 6.07) is 17.3. The molecule has 9 heteroatoms. The van der Waals surface area contributed by atoms with Crippen molar-refractivity contribution in [2.75, 3.05) is 13.2 Å². The van der Waals surface area contributed by atoms with E-state index in [-0.39, 0.29) is 30.7 Å². The molecular formula is C34H33F2NO6. The molecule has 0 unspecified atom stereocenters. The van der Waals surface area contributed by atoms with Gasteiger partial charge in [0.1, 0.15) is 12.3 Å². The van der Waals surface area contributed by atoms with Gasteiger partial charge in [-0.2, -0.15) is 4.39 Å². The van der Waals surface area contributed by atoms with Crippen LogP contribution >= 0.6 is 0 Å². The number of para-hydroxylation sites is 1. The third-order valence-corrected chi connectivity index (χ3v) is 7.68. The van der Waals surface area contributed by atoms with Crippen molar-refractivity contribution in [3.05, 3.63) is 95.2 Å². The molecule has 0 saturated heterocycles. The zero-order valence-electron chi connectivity index (χ0n) is 23.6. The Morgan fingerprint density at radius 1 is 0.884 bits per heavy atom. The molecule has 3 aromatic carbocycles. The van der Waals surface area contributed by atoms with Gasteiger partial charge in [0.05, 0.1) is 25.2 Å². The van der Waals surface area contributed by atoms with Gasteiger partial charge in [-0.25, -0.2) is 4.39 Å². The average molecular weight is 590 g/mol. The Morgan fingerprint density at radius 2 is 1.60 bits per heavy atom. The maximum absolute atomic E-state index is 13.6. The molecular weight excluding hydrogens is 556 g/mol. The van der Waals surface area contributed by atoms with Crippen LogP contribution in [0.1, 0.15) is 48.8 Å². The van der Waals surface area contributed by atoms with Crippen LogP contribution in [0.5, 0.6) is 11.5 Å². The first kappa shape index (κ1) is 29.8. The lowest BCUT2D eigenvalue weighted by atomic mass is 9.92. The number of carboxylic acids is 2. The fraction of sp³-hybridized carbons (Fsp3) is 0.294. The van der Waals surface area contributed by atoms with Gasteiger partial charge in [0, 0.05) is 11.6 Å². The van der Waals surface area contributed by atoms with Gasteiger partial charge in [0.25, 0.3) is 0 Å². The largest absolute Gasteiger partial charge is 0.494 e. The maximum Gasteiger partial charge on any atom is 0.323 e. The minimum Gasteiger partial charge on any atom is -0.494 e. The minimum atomic E-state index is -0.983. The Balaban J connectivity index is 1.20. The first-order valence-corrected chi connectivity index (χ1v) is 14.3. The lowest BCUT2D eigenvalue weighted by molar-refractivity contribution is -0.139. The van der Waals surface area contributed by atoms with Crippen molar-refractivity contribution in [1.29, 1.82) is 0 Å². The van der Waals surface area contributed by atoms with Crippen molar-refractivity contribution in [3.8, 4) is 11.5 Å². The van der Waals surface area contributed by atoms with Gasteiger partial charge in [-0.15, -0.1) is 0 Å². The number of benzene rings is 3. The quantitative estimate of drug-likeness (QED) is 0.112. The minimum absolute atomic E-state index is 0.0984. The molecule has 1 fully saturated rings. The van der Waals surface area contributed by atoms with Gasteiger partial charge in [0.15, 0.2) is 11.6 Å². The molecule has 1 heterocycles. The van der Waals surface area contributed by atoms with Crippen molar-refractivity contribution in [2.45, 2.75) is 45.1 Å². The molecule has 7 nitrogen and oxygen atoms in total. The number of aromatic nitrogens is 1. The molecule has 1 aliphatic rings. The Labute approximate surface area is 248 Å². The van der Waals surface area contributed by atoms with E-state index in [0.717, 1.165) is 46.5 Å². The van der Waals surface area contributed by atoms with E-state index in [1.165, 1.54) is 12.1 Å². The molecule has 1 aliphatic carbocycles. The monoisotopic (exact) mass is 589 g/mol. The van der Waals surface area contributed by atoms with Crippen LogP contribution in [0.15, 0.2) is 66.9 Å². The van der Waals surface area contributed by atoms with Gasteiger partial charge in [-0.1, -0.05) is 48.6 Å². The van der Waals surface area contributed by atoms with Crippen molar-refractivity contribution >= 4 is 35.0 Å². The van der Waals surface area contributed by atoms with E-state index in [2.05, 4.69) is 0 Å². The number of fused-ring (bicyclic) bond motifs is 1. The highest BCUT2D eigenvalue weighted by atomic mass is 19.2. The lowest BCUT2D eigenvalue weighted by Gasteiger charge is -2.11. The number of carbonyl (C=O) groups is 2. The molecule has 0 bridgehead atoms. The standard InChI is InChI=1S/C34H33F2NO6/c35-28-7-4-8-29(32(28)36)43-18-2-1-17-42-26-13-10-23(11-14-26)9-12-24-5-3-6-27-25(19-34(15-16-34)20-30(38)39)21-37(33(24)27)22-31(40)41/h3-14,21H,1-2,15-20,22H2,(H,38,39)(H,40,41)/b12-9+. The second kappa shape index (κ2) is 13.1. The summed E-state index contributed by atoms with van der Waals surface area (Å²) in [5.41, 5.74) is 3.34. The fourth-order valence-corrected chi connectivity index (χ4v) is 5.36. The highest BCUT2D eigenvalue weighted by Gasteiger charge is 2.44. The molecule has 224 valence electrons. The summed E-state index contributed by atoms with van der Waals surface area (Å²) in [5.74, 6) is -3.07. The number of unbranched alkanes of at least 4 members (excludes halogenated alkanes) is 1. The van der Waals surface area contributed by atoms with Gasteiger partial charge in [-0.3, -0.25) is 9.59 Å². The maximum atomic E-state index is 13.6. The van der Waals surface area contributed by atoms with Crippen molar-refractivity contribution < 1.29 is 38.1 Å². The molecule has 0 radical (unpaired) electrons. The molecule has 1 saturated carbocycles. The van der Waals surface area contributed by atoms with Crippen LogP contribution in [-0.2, 0) is 22.6 Å². The predicted octanol–water partition coefficient (Wildman–Crippen LogP) is 7.21. The summed E-state index contributed by atoms with van der Waals surface area (Å²) in [4.78, 5) is 23.0.